The molecule has 0 bridgehead atoms. The van der Waals surface area contributed by atoms with Gasteiger partial charge in [-0.1, -0.05) is 200 Å². The maximum atomic E-state index is 12.9. The molecular formula is C48H88ClNO5. The van der Waals surface area contributed by atoms with Crippen LogP contribution in [0.3, 0.4) is 0 Å². The third kappa shape index (κ3) is 33.1. The third-order valence-corrected chi connectivity index (χ3v) is 10.6. The Balaban J connectivity index is 0.0000292. The molecule has 2 N–H and O–H groups in total. The first-order valence-corrected chi connectivity index (χ1v) is 23.1. The molecule has 0 spiro atoms. The molecule has 1 unspecified atom stereocenters. The highest BCUT2D eigenvalue weighted by atomic mass is 35.5. The standard InChI is InChI=1S/C48H87NO5.ClH/c1-6-8-10-12-14-16-18-20-22-24-26-28-30-32-34-36-46(51)53-44-39-38-42(43(50)41-49-48(3,4)5)40-45(44)54-47(52)37-35-33-31-29-27-25-23-21-19-17-15-13-11-9-7-2;/h38-40,43,49-50H,6-37,41H2,1-5H3;1H. The van der Waals surface area contributed by atoms with Crippen molar-refractivity contribution in [2.75, 3.05) is 6.54 Å². The average molecular weight is 795 g/mol. The van der Waals surface area contributed by atoms with Crippen molar-refractivity contribution in [1.29, 1.82) is 0 Å². The molecule has 1 rings (SSSR count). The van der Waals surface area contributed by atoms with E-state index in [1.165, 1.54) is 154 Å². The van der Waals surface area contributed by atoms with Gasteiger partial charge < -0.3 is 19.9 Å². The van der Waals surface area contributed by atoms with Crippen molar-refractivity contribution in [2.45, 2.75) is 252 Å². The fraction of sp³-hybridized carbons (Fsp3) is 0.833. The van der Waals surface area contributed by atoms with Crippen LogP contribution in [0.25, 0.3) is 0 Å². The van der Waals surface area contributed by atoms with Crippen LogP contribution in [0.4, 0.5) is 0 Å². The van der Waals surface area contributed by atoms with E-state index in [2.05, 4.69) is 19.2 Å². The van der Waals surface area contributed by atoms with Crippen LogP contribution in [0.2, 0.25) is 0 Å². The number of hydrogen-bond acceptors (Lipinski definition) is 6. The van der Waals surface area contributed by atoms with E-state index in [4.69, 9.17) is 9.47 Å². The number of β-amino-alcohol motifs (C(OH)–C–C–N with tert-alkyl or cyclic N) is 1. The smallest absolute Gasteiger partial charge is 0.311 e. The topological polar surface area (TPSA) is 84.9 Å². The Morgan fingerprint density at radius 1 is 0.527 bits per heavy atom. The molecule has 0 saturated carbocycles. The number of aliphatic hydroxyl groups excluding tert-OH is 1. The second kappa shape index (κ2) is 36.7. The molecule has 1 atom stereocenters. The van der Waals surface area contributed by atoms with Crippen molar-refractivity contribution >= 4 is 24.3 Å². The first-order valence-electron chi connectivity index (χ1n) is 23.1. The van der Waals surface area contributed by atoms with Crippen molar-refractivity contribution in [1.82, 2.24) is 5.32 Å². The number of benzene rings is 1. The van der Waals surface area contributed by atoms with Crippen LogP contribution in [-0.4, -0.2) is 29.1 Å². The molecule has 7 heteroatoms. The molecular weight excluding hydrogens is 706 g/mol. The Bertz CT molecular complexity index is 1040. The van der Waals surface area contributed by atoms with Gasteiger partial charge in [0.05, 0.1) is 6.10 Å². The largest absolute Gasteiger partial charge is 0.423 e. The lowest BCUT2D eigenvalue weighted by Crippen LogP contribution is -2.38. The number of hydrogen-bond donors (Lipinski definition) is 2. The van der Waals surface area contributed by atoms with E-state index in [-0.39, 0.29) is 41.4 Å². The Morgan fingerprint density at radius 3 is 1.16 bits per heavy atom. The van der Waals surface area contributed by atoms with Crippen LogP contribution in [0.5, 0.6) is 11.5 Å². The molecule has 55 heavy (non-hydrogen) atoms. The number of unbranched alkanes of at least 4 members (excludes halogenated alkanes) is 28. The molecule has 0 aliphatic rings. The Morgan fingerprint density at radius 2 is 0.836 bits per heavy atom. The van der Waals surface area contributed by atoms with Crippen molar-refractivity contribution in [3.63, 3.8) is 0 Å². The number of esters is 2. The van der Waals surface area contributed by atoms with Crippen LogP contribution >= 0.6 is 12.4 Å². The van der Waals surface area contributed by atoms with Gasteiger partial charge in [0, 0.05) is 24.9 Å². The van der Waals surface area contributed by atoms with Crippen molar-refractivity contribution in [3.8, 4) is 11.5 Å². The van der Waals surface area contributed by atoms with E-state index in [1.807, 2.05) is 20.8 Å². The lowest BCUT2D eigenvalue weighted by molar-refractivity contribution is -0.137. The molecule has 0 radical (unpaired) electrons. The van der Waals surface area contributed by atoms with Crippen LogP contribution in [-0.2, 0) is 9.59 Å². The maximum absolute atomic E-state index is 12.9. The van der Waals surface area contributed by atoms with Gasteiger partial charge in [0.2, 0.25) is 0 Å². The second-order valence-corrected chi connectivity index (χ2v) is 17.2. The molecule has 0 aliphatic heterocycles. The lowest BCUT2D eigenvalue weighted by atomic mass is 10.0. The zero-order valence-electron chi connectivity index (χ0n) is 36.6. The summed E-state index contributed by atoms with van der Waals surface area (Å²) in [4.78, 5) is 25.7. The highest BCUT2D eigenvalue weighted by molar-refractivity contribution is 5.85. The molecule has 0 fully saturated rings. The first kappa shape index (κ1) is 53.4. The quantitative estimate of drug-likeness (QED) is 0.0396. The van der Waals surface area contributed by atoms with E-state index in [0.717, 1.165) is 38.5 Å². The molecule has 0 heterocycles. The zero-order chi connectivity index (χ0) is 39.5. The normalized spacial score (nSPS) is 12.0. The summed E-state index contributed by atoms with van der Waals surface area (Å²) in [6.07, 6.45) is 38.1. The summed E-state index contributed by atoms with van der Waals surface area (Å²) < 4.78 is 11.5. The summed E-state index contributed by atoms with van der Waals surface area (Å²) >= 11 is 0. The van der Waals surface area contributed by atoms with Gasteiger partial charge >= 0.3 is 11.9 Å². The van der Waals surface area contributed by atoms with Gasteiger partial charge in [-0.25, -0.2) is 0 Å². The number of halogens is 1. The number of aliphatic hydroxyl groups is 1. The average Bonchev–Trinajstić information content (AvgIpc) is 3.14. The van der Waals surface area contributed by atoms with Gasteiger partial charge in [0.1, 0.15) is 0 Å². The summed E-state index contributed by atoms with van der Waals surface area (Å²) in [5, 5.41) is 14.2. The Hall–Kier alpha value is -1.63. The molecule has 1 aromatic rings. The number of rotatable bonds is 37. The Kier molecular flexibility index (Phi) is 35.6. The van der Waals surface area contributed by atoms with Gasteiger partial charge in [0.15, 0.2) is 11.5 Å². The molecule has 6 nitrogen and oxygen atoms in total. The fourth-order valence-electron chi connectivity index (χ4n) is 7.05. The van der Waals surface area contributed by atoms with Gasteiger partial charge in [-0.3, -0.25) is 9.59 Å². The monoisotopic (exact) mass is 794 g/mol. The van der Waals surface area contributed by atoms with Gasteiger partial charge in [-0.15, -0.1) is 12.4 Å². The van der Waals surface area contributed by atoms with E-state index in [9.17, 15) is 14.7 Å². The van der Waals surface area contributed by atoms with E-state index < -0.39 is 6.10 Å². The van der Waals surface area contributed by atoms with Crippen molar-refractivity contribution < 1.29 is 24.2 Å². The minimum Gasteiger partial charge on any atom is -0.423 e. The summed E-state index contributed by atoms with van der Waals surface area (Å²) in [5.41, 5.74) is 0.468. The predicted octanol–water partition coefficient (Wildman–Crippen LogP) is 14.9. The van der Waals surface area contributed by atoms with Crippen LogP contribution < -0.4 is 14.8 Å². The number of ether oxygens (including phenoxy) is 2. The van der Waals surface area contributed by atoms with Crippen LogP contribution in [0, 0.1) is 0 Å². The minimum atomic E-state index is -0.790. The molecule has 0 amide bonds. The van der Waals surface area contributed by atoms with E-state index in [0.29, 0.717) is 24.9 Å². The summed E-state index contributed by atoms with van der Waals surface area (Å²) in [6.45, 7) is 11.0. The number of carbonyl (C=O) groups excluding carboxylic acids is 2. The lowest BCUT2D eigenvalue weighted by Gasteiger charge is -2.23. The van der Waals surface area contributed by atoms with Crippen molar-refractivity contribution in [2.24, 2.45) is 0 Å². The first-order chi connectivity index (χ1) is 26.2. The Labute approximate surface area is 346 Å². The number of nitrogens with one attached hydrogen (secondary N) is 1. The van der Waals surface area contributed by atoms with Crippen molar-refractivity contribution in [3.05, 3.63) is 23.8 Å². The van der Waals surface area contributed by atoms with Gasteiger partial charge in [-0.2, -0.15) is 0 Å². The van der Waals surface area contributed by atoms with Gasteiger partial charge in [0.25, 0.3) is 0 Å². The van der Waals surface area contributed by atoms with Crippen LogP contribution in [0.1, 0.15) is 252 Å². The SMILES string of the molecule is CCCCCCCCCCCCCCCCCC(=O)Oc1ccc(C(O)CNC(C)(C)C)cc1OC(=O)CCCCCCCCCCCCCCCCC.Cl. The third-order valence-electron chi connectivity index (χ3n) is 10.6. The minimum absolute atomic E-state index is 0. The summed E-state index contributed by atoms with van der Waals surface area (Å²) in [5.74, 6) is -0.195. The maximum Gasteiger partial charge on any atom is 0.311 e. The van der Waals surface area contributed by atoms with Crippen LogP contribution in [0.15, 0.2) is 18.2 Å². The highest BCUT2D eigenvalue weighted by Gasteiger charge is 2.19. The van der Waals surface area contributed by atoms with E-state index in [1.54, 1.807) is 18.2 Å². The second-order valence-electron chi connectivity index (χ2n) is 17.2. The summed E-state index contributed by atoms with van der Waals surface area (Å²) in [6, 6.07) is 5.04. The number of carbonyl (C=O) groups is 2. The molecule has 0 aliphatic carbocycles. The zero-order valence-corrected chi connectivity index (χ0v) is 37.4. The van der Waals surface area contributed by atoms with E-state index >= 15 is 0 Å². The highest BCUT2D eigenvalue weighted by Crippen LogP contribution is 2.32. The summed E-state index contributed by atoms with van der Waals surface area (Å²) in [7, 11) is 0. The predicted molar refractivity (Wildman–Crippen MR) is 237 cm³/mol. The fourth-order valence-corrected chi connectivity index (χ4v) is 7.05. The molecule has 1 aromatic carbocycles. The molecule has 0 aromatic heterocycles. The molecule has 0 saturated heterocycles. The van der Waals surface area contributed by atoms with Gasteiger partial charge in [-0.05, 0) is 51.3 Å². The molecule has 322 valence electrons.